The van der Waals surface area contributed by atoms with Crippen LogP contribution >= 0.6 is 0 Å². The van der Waals surface area contributed by atoms with Gasteiger partial charge >= 0.3 is 0 Å². The number of halogens is 2. The Morgan fingerprint density at radius 3 is 2.41 bits per heavy atom. The lowest BCUT2D eigenvalue weighted by Gasteiger charge is -2.30. The van der Waals surface area contributed by atoms with Crippen molar-refractivity contribution in [2.45, 2.75) is 44.4 Å². The minimum atomic E-state index is -2.35. The van der Waals surface area contributed by atoms with Crippen molar-refractivity contribution in [1.82, 2.24) is 0 Å². The summed E-state index contributed by atoms with van der Waals surface area (Å²) in [6.07, 6.45) is 2.67. The smallest absolute Gasteiger partial charge is 0.245 e. The number of hydrogen-bond donors (Lipinski definition) is 1. The molecule has 94 valence electrons. The van der Waals surface area contributed by atoms with E-state index in [0.717, 1.165) is 32.1 Å². The lowest BCUT2D eigenvalue weighted by atomic mass is 9.77. The van der Waals surface area contributed by atoms with Crippen molar-refractivity contribution in [2.75, 3.05) is 0 Å². The molecule has 1 unspecified atom stereocenters. The van der Waals surface area contributed by atoms with Crippen LogP contribution in [0, 0.1) is 5.92 Å². The molecular formula is C14H18F2O. The Balaban J connectivity index is 2.21. The summed E-state index contributed by atoms with van der Waals surface area (Å²) in [5.74, 6) is -0.586. The second kappa shape index (κ2) is 5.48. The first kappa shape index (κ1) is 12.3. The number of rotatable bonds is 3. The molecule has 0 radical (unpaired) electrons. The van der Waals surface area contributed by atoms with E-state index in [0.29, 0.717) is 5.56 Å². The van der Waals surface area contributed by atoms with Gasteiger partial charge in [0.25, 0.3) is 0 Å². The van der Waals surface area contributed by atoms with Crippen LogP contribution in [0.25, 0.3) is 0 Å². The molecule has 1 aliphatic carbocycles. The minimum Gasteiger partial charge on any atom is -0.508 e. The van der Waals surface area contributed by atoms with Gasteiger partial charge in [-0.3, -0.25) is 0 Å². The van der Waals surface area contributed by atoms with E-state index in [1.165, 1.54) is 12.1 Å². The highest BCUT2D eigenvalue weighted by atomic mass is 19.3. The monoisotopic (exact) mass is 240 g/mol. The summed E-state index contributed by atoms with van der Waals surface area (Å²) in [6.45, 7) is 0. The van der Waals surface area contributed by atoms with Gasteiger partial charge < -0.3 is 5.11 Å². The summed E-state index contributed by atoms with van der Waals surface area (Å²) >= 11 is 0. The summed E-state index contributed by atoms with van der Waals surface area (Å²) in [5, 5.41) is 9.40. The van der Waals surface area contributed by atoms with Crippen molar-refractivity contribution >= 4 is 0 Å². The average molecular weight is 240 g/mol. The van der Waals surface area contributed by atoms with Gasteiger partial charge in [-0.15, -0.1) is 0 Å². The lowest BCUT2D eigenvalue weighted by molar-refractivity contribution is 0.0742. The van der Waals surface area contributed by atoms with Gasteiger partial charge in [0.05, 0.1) is 0 Å². The van der Waals surface area contributed by atoms with E-state index in [2.05, 4.69) is 0 Å². The molecule has 1 N–H and O–H groups in total. The molecule has 0 aromatic heterocycles. The molecule has 0 saturated heterocycles. The molecule has 2 rings (SSSR count). The van der Waals surface area contributed by atoms with Gasteiger partial charge in [-0.2, -0.15) is 0 Å². The highest BCUT2D eigenvalue weighted by Crippen LogP contribution is 2.40. The number of benzene rings is 1. The first-order chi connectivity index (χ1) is 8.18. The van der Waals surface area contributed by atoms with E-state index in [1.807, 2.05) is 0 Å². The third kappa shape index (κ3) is 2.96. The van der Waals surface area contributed by atoms with Crippen molar-refractivity contribution in [1.29, 1.82) is 0 Å². The first-order valence-electron chi connectivity index (χ1n) is 6.25. The number of phenols is 1. The Morgan fingerprint density at radius 2 is 1.82 bits per heavy atom. The Kier molecular flexibility index (Phi) is 3.97. The normalized spacial score (nSPS) is 19.5. The molecule has 1 aromatic rings. The van der Waals surface area contributed by atoms with E-state index in [-0.39, 0.29) is 11.7 Å². The maximum Gasteiger partial charge on any atom is 0.245 e. The predicted octanol–water partition coefficient (Wildman–Crippen LogP) is 4.32. The molecule has 1 aromatic carbocycles. The molecule has 1 nitrogen and oxygen atoms in total. The van der Waals surface area contributed by atoms with Crippen LogP contribution in [-0.4, -0.2) is 11.5 Å². The van der Waals surface area contributed by atoms with Gasteiger partial charge in [-0.05, 0) is 36.5 Å². The van der Waals surface area contributed by atoms with E-state index in [1.54, 1.807) is 12.1 Å². The Hall–Kier alpha value is -1.12. The standard InChI is InChI=1S/C14H18F2O/c15-14(16)13(10-5-2-1-3-6-10)11-7-4-8-12(17)9-11/h4,7-10,13-14,17H,1-3,5-6H2. The summed E-state index contributed by atoms with van der Waals surface area (Å²) in [6, 6.07) is 6.34. The van der Waals surface area contributed by atoms with Crippen LogP contribution < -0.4 is 0 Å². The summed E-state index contributed by atoms with van der Waals surface area (Å²) in [7, 11) is 0. The average Bonchev–Trinajstić information content (AvgIpc) is 2.30. The van der Waals surface area contributed by atoms with Crippen LogP contribution in [0.4, 0.5) is 8.78 Å². The Labute approximate surface area is 100 Å². The van der Waals surface area contributed by atoms with Gasteiger partial charge in [-0.25, -0.2) is 8.78 Å². The SMILES string of the molecule is Oc1cccc(C(C(F)F)C2CCCCC2)c1. The van der Waals surface area contributed by atoms with Crippen LogP contribution in [0.2, 0.25) is 0 Å². The van der Waals surface area contributed by atoms with Crippen molar-refractivity contribution < 1.29 is 13.9 Å². The third-order valence-corrected chi connectivity index (χ3v) is 3.68. The second-order valence-electron chi connectivity index (χ2n) is 4.85. The number of phenolic OH excluding ortho intramolecular Hbond substituents is 1. The maximum atomic E-state index is 13.2. The summed E-state index contributed by atoms with van der Waals surface area (Å²) in [5.41, 5.74) is 0.576. The quantitative estimate of drug-likeness (QED) is 0.834. The van der Waals surface area contributed by atoms with Gasteiger partial charge in [0.1, 0.15) is 5.75 Å². The van der Waals surface area contributed by atoms with Gasteiger partial charge in [0, 0.05) is 5.92 Å². The Bertz CT molecular complexity index is 359. The molecule has 0 amide bonds. The van der Waals surface area contributed by atoms with Crippen molar-refractivity contribution in [3.05, 3.63) is 29.8 Å². The fourth-order valence-electron chi connectivity index (χ4n) is 2.85. The number of aromatic hydroxyl groups is 1. The fraction of sp³-hybridized carbons (Fsp3) is 0.571. The molecule has 3 heteroatoms. The molecule has 0 spiro atoms. The van der Waals surface area contributed by atoms with E-state index < -0.39 is 12.3 Å². The van der Waals surface area contributed by atoms with Crippen LogP contribution in [0.1, 0.15) is 43.6 Å². The number of alkyl halides is 2. The zero-order valence-electron chi connectivity index (χ0n) is 9.78. The predicted molar refractivity (Wildman–Crippen MR) is 63.4 cm³/mol. The first-order valence-corrected chi connectivity index (χ1v) is 6.25. The molecule has 17 heavy (non-hydrogen) atoms. The highest BCUT2D eigenvalue weighted by molar-refractivity contribution is 5.30. The summed E-state index contributed by atoms with van der Waals surface area (Å²) in [4.78, 5) is 0. The largest absolute Gasteiger partial charge is 0.508 e. The molecular weight excluding hydrogens is 222 g/mol. The zero-order valence-corrected chi connectivity index (χ0v) is 9.78. The van der Waals surface area contributed by atoms with Crippen LogP contribution in [-0.2, 0) is 0 Å². The van der Waals surface area contributed by atoms with Crippen LogP contribution in [0.5, 0.6) is 5.75 Å². The maximum absolute atomic E-state index is 13.2. The van der Waals surface area contributed by atoms with Crippen molar-refractivity contribution in [2.24, 2.45) is 5.92 Å². The van der Waals surface area contributed by atoms with Gasteiger partial charge in [0.2, 0.25) is 6.43 Å². The molecule has 0 bridgehead atoms. The minimum absolute atomic E-state index is 0.0607. The molecule has 1 saturated carbocycles. The Morgan fingerprint density at radius 1 is 1.12 bits per heavy atom. The molecule has 0 heterocycles. The molecule has 0 aliphatic heterocycles. The lowest BCUT2D eigenvalue weighted by Crippen LogP contribution is -2.22. The van der Waals surface area contributed by atoms with Crippen molar-refractivity contribution in [3.63, 3.8) is 0 Å². The fourth-order valence-corrected chi connectivity index (χ4v) is 2.85. The zero-order chi connectivity index (χ0) is 12.3. The highest BCUT2D eigenvalue weighted by Gasteiger charge is 2.32. The molecule has 1 fully saturated rings. The summed E-state index contributed by atoms with van der Waals surface area (Å²) < 4.78 is 26.4. The van der Waals surface area contributed by atoms with E-state index >= 15 is 0 Å². The molecule has 1 atom stereocenters. The van der Waals surface area contributed by atoms with Gasteiger partial charge in [0.15, 0.2) is 0 Å². The van der Waals surface area contributed by atoms with Gasteiger partial charge in [-0.1, -0.05) is 31.4 Å². The molecule has 1 aliphatic rings. The third-order valence-electron chi connectivity index (χ3n) is 3.68. The second-order valence-corrected chi connectivity index (χ2v) is 4.85. The van der Waals surface area contributed by atoms with E-state index in [4.69, 9.17) is 0 Å². The topological polar surface area (TPSA) is 20.2 Å². The van der Waals surface area contributed by atoms with Crippen LogP contribution in [0.15, 0.2) is 24.3 Å². The van der Waals surface area contributed by atoms with E-state index in [9.17, 15) is 13.9 Å². The van der Waals surface area contributed by atoms with Crippen molar-refractivity contribution in [3.8, 4) is 5.75 Å². The number of hydrogen-bond acceptors (Lipinski definition) is 1. The van der Waals surface area contributed by atoms with Crippen LogP contribution in [0.3, 0.4) is 0 Å².